The number of nitrogens with one attached hydrogen (secondary N) is 1. The van der Waals surface area contributed by atoms with Crippen molar-refractivity contribution in [1.82, 2.24) is 19.8 Å². The third-order valence-electron chi connectivity index (χ3n) is 2.98. The Bertz CT molecular complexity index is 295. The van der Waals surface area contributed by atoms with Gasteiger partial charge in [0, 0.05) is 19.4 Å². The molecule has 0 unspecified atom stereocenters. The van der Waals surface area contributed by atoms with E-state index in [-0.39, 0.29) is 0 Å². The van der Waals surface area contributed by atoms with Gasteiger partial charge in [-0.05, 0) is 39.5 Å². The molecule has 1 heterocycles. The predicted molar refractivity (Wildman–Crippen MR) is 71.9 cm³/mol. The Labute approximate surface area is 105 Å². The molecule has 1 rings (SSSR count). The molecule has 98 valence electrons. The first kappa shape index (κ1) is 14.2. The zero-order chi connectivity index (χ0) is 12.5. The summed E-state index contributed by atoms with van der Waals surface area (Å²) in [6.45, 7) is 6.48. The number of imidazole rings is 1. The molecule has 0 aromatic carbocycles. The summed E-state index contributed by atoms with van der Waals surface area (Å²) in [5.41, 5.74) is 0. The molecule has 4 heteroatoms. The quantitative estimate of drug-likeness (QED) is 0.664. The van der Waals surface area contributed by atoms with E-state index in [2.05, 4.69) is 33.7 Å². The zero-order valence-corrected chi connectivity index (χ0v) is 11.4. The largest absolute Gasteiger partial charge is 0.337 e. The van der Waals surface area contributed by atoms with Crippen LogP contribution in [0.5, 0.6) is 0 Å². The smallest absolute Gasteiger partial charge is 0.122 e. The SMILES string of the molecule is CCNCCCCCN(C)Cc1nccn1C. The molecule has 1 aromatic rings. The normalized spacial score (nSPS) is 11.3. The van der Waals surface area contributed by atoms with Crippen LogP contribution < -0.4 is 5.32 Å². The Hall–Kier alpha value is -0.870. The highest BCUT2D eigenvalue weighted by Gasteiger charge is 2.03. The lowest BCUT2D eigenvalue weighted by Gasteiger charge is -2.16. The van der Waals surface area contributed by atoms with Crippen LogP contribution in [0.4, 0.5) is 0 Å². The fourth-order valence-corrected chi connectivity index (χ4v) is 1.85. The molecular formula is C13H26N4. The summed E-state index contributed by atoms with van der Waals surface area (Å²) < 4.78 is 2.08. The van der Waals surface area contributed by atoms with Crippen LogP contribution in [0, 0.1) is 0 Å². The van der Waals surface area contributed by atoms with Crippen molar-refractivity contribution in [3.05, 3.63) is 18.2 Å². The van der Waals surface area contributed by atoms with E-state index in [1.54, 1.807) is 0 Å². The van der Waals surface area contributed by atoms with Gasteiger partial charge in [0.05, 0.1) is 6.54 Å². The van der Waals surface area contributed by atoms with Crippen LogP contribution >= 0.6 is 0 Å². The van der Waals surface area contributed by atoms with Gasteiger partial charge in [-0.25, -0.2) is 4.98 Å². The maximum atomic E-state index is 4.34. The van der Waals surface area contributed by atoms with E-state index in [0.29, 0.717) is 0 Å². The molecule has 0 aliphatic carbocycles. The Morgan fingerprint density at radius 2 is 2.18 bits per heavy atom. The number of hydrogen-bond donors (Lipinski definition) is 1. The van der Waals surface area contributed by atoms with Crippen molar-refractivity contribution in [3.8, 4) is 0 Å². The van der Waals surface area contributed by atoms with Gasteiger partial charge in [-0.1, -0.05) is 13.3 Å². The third kappa shape index (κ3) is 5.84. The predicted octanol–water partition coefficient (Wildman–Crippen LogP) is 1.63. The molecule has 0 bridgehead atoms. The summed E-state index contributed by atoms with van der Waals surface area (Å²) in [6, 6.07) is 0. The Morgan fingerprint density at radius 1 is 1.35 bits per heavy atom. The van der Waals surface area contributed by atoms with Crippen LogP contribution in [0.15, 0.2) is 12.4 Å². The van der Waals surface area contributed by atoms with Crippen molar-refractivity contribution in [3.63, 3.8) is 0 Å². The number of aromatic nitrogens is 2. The van der Waals surface area contributed by atoms with Crippen LogP contribution in [0.1, 0.15) is 32.0 Å². The van der Waals surface area contributed by atoms with Crippen molar-refractivity contribution in [2.24, 2.45) is 7.05 Å². The van der Waals surface area contributed by atoms with Crippen LogP contribution in [0.3, 0.4) is 0 Å². The van der Waals surface area contributed by atoms with E-state index in [1.165, 1.54) is 19.3 Å². The fraction of sp³-hybridized carbons (Fsp3) is 0.769. The molecule has 17 heavy (non-hydrogen) atoms. The number of aryl methyl sites for hydroxylation is 1. The first-order valence-electron chi connectivity index (χ1n) is 6.59. The average molecular weight is 238 g/mol. The van der Waals surface area contributed by atoms with Crippen LogP contribution in [-0.4, -0.2) is 41.1 Å². The molecule has 0 aliphatic heterocycles. The Kier molecular flexibility index (Phi) is 6.89. The van der Waals surface area contributed by atoms with E-state index >= 15 is 0 Å². The Balaban J connectivity index is 2.05. The van der Waals surface area contributed by atoms with Gasteiger partial charge in [-0.3, -0.25) is 4.90 Å². The third-order valence-corrected chi connectivity index (χ3v) is 2.98. The highest BCUT2D eigenvalue weighted by Crippen LogP contribution is 2.02. The number of hydrogen-bond acceptors (Lipinski definition) is 3. The minimum Gasteiger partial charge on any atom is -0.337 e. The highest BCUT2D eigenvalue weighted by atomic mass is 15.1. The molecule has 0 aliphatic rings. The summed E-state index contributed by atoms with van der Waals surface area (Å²) in [6.07, 6.45) is 7.72. The monoisotopic (exact) mass is 238 g/mol. The lowest BCUT2D eigenvalue weighted by atomic mass is 10.2. The maximum absolute atomic E-state index is 4.34. The second-order valence-electron chi connectivity index (χ2n) is 4.61. The zero-order valence-electron chi connectivity index (χ0n) is 11.4. The molecule has 0 amide bonds. The second kappa shape index (κ2) is 8.25. The molecule has 4 nitrogen and oxygen atoms in total. The summed E-state index contributed by atoms with van der Waals surface area (Å²) in [5, 5.41) is 3.35. The minimum atomic E-state index is 0.941. The maximum Gasteiger partial charge on any atom is 0.122 e. The molecule has 1 N–H and O–H groups in total. The van der Waals surface area contributed by atoms with Crippen molar-refractivity contribution in [2.75, 3.05) is 26.7 Å². The van der Waals surface area contributed by atoms with Crippen LogP contribution in [0.25, 0.3) is 0 Å². The molecule has 0 atom stereocenters. The lowest BCUT2D eigenvalue weighted by molar-refractivity contribution is 0.306. The molecule has 1 aromatic heterocycles. The average Bonchev–Trinajstić information content (AvgIpc) is 2.69. The van der Waals surface area contributed by atoms with Gasteiger partial charge in [0.25, 0.3) is 0 Å². The molecule has 0 spiro atoms. The van der Waals surface area contributed by atoms with Gasteiger partial charge in [0.1, 0.15) is 5.82 Å². The van der Waals surface area contributed by atoms with Crippen molar-refractivity contribution >= 4 is 0 Å². The Morgan fingerprint density at radius 3 is 2.82 bits per heavy atom. The number of unbranched alkanes of at least 4 members (excludes halogenated alkanes) is 2. The fourth-order valence-electron chi connectivity index (χ4n) is 1.85. The molecule has 0 fully saturated rings. The minimum absolute atomic E-state index is 0.941. The second-order valence-corrected chi connectivity index (χ2v) is 4.61. The van der Waals surface area contributed by atoms with Crippen molar-refractivity contribution in [2.45, 2.75) is 32.7 Å². The molecule has 0 radical (unpaired) electrons. The first-order chi connectivity index (χ1) is 8.24. The van der Waals surface area contributed by atoms with Crippen molar-refractivity contribution < 1.29 is 0 Å². The summed E-state index contributed by atoms with van der Waals surface area (Å²) in [5.74, 6) is 1.14. The van der Waals surface area contributed by atoms with E-state index in [9.17, 15) is 0 Å². The topological polar surface area (TPSA) is 33.1 Å². The highest BCUT2D eigenvalue weighted by molar-refractivity contribution is 4.90. The van der Waals surface area contributed by atoms with E-state index in [4.69, 9.17) is 0 Å². The summed E-state index contributed by atoms with van der Waals surface area (Å²) in [7, 11) is 4.21. The molecular weight excluding hydrogens is 212 g/mol. The van der Waals surface area contributed by atoms with Crippen LogP contribution in [0.2, 0.25) is 0 Å². The lowest BCUT2D eigenvalue weighted by Crippen LogP contribution is -2.21. The van der Waals surface area contributed by atoms with Gasteiger partial charge < -0.3 is 9.88 Å². The molecule has 0 saturated carbocycles. The van der Waals surface area contributed by atoms with E-state index < -0.39 is 0 Å². The summed E-state index contributed by atoms with van der Waals surface area (Å²) in [4.78, 5) is 6.68. The summed E-state index contributed by atoms with van der Waals surface area (Å²) >= 11 is 0. The van der Waals surface area contributed by atoms with Gasteiger partial charge in [-0.15, -0.1) is 0 Å². The van der Waals surface area contributed by atoms with Gasteiger partial charge in [-0.2, -0.15) is 0 Å². The van der Waals surface area contributed by atoms with Crippen LogP contribution in [-0.2, 0) is 13.6 Å². The number of nitrogens with zero attached hydrogens (tertiary/aromatic N) is 3. The standard InChI is InChI=1S/C13H26N4/c1-4-14-8-6-5-7-10-16(2)12-13-15-9-11-17(13)3/h9,11,14H,4-8,10,12H2,1-3H3. The first-order valence-corrected chi connectivity index (χ1v) is 6.59. The van der Waals surface area contributed by atoms with E-state index in [0.717, 1.165) is 32.0 Å². The van der Waals surface area contributed by atoms with Gasteiger partial charge >= 0.3 is 0 Å². The number of rotatable bonds is 9. The van der Waals surface area contributed by atoms with E-state index in [1.807, 2.05) is 19.4 Å². The van der Waals surface area contributed by atoms with Crippen molar-refractivity contribution in [1.29, 1.82) is 0 Å². The van der Waals surface area contributed by atoms with Gasteiger partial charge in [0.15, 0.2) is 0 Å². The molecule has 0 saturated heterocycles. The van der Waals surface area contributed by atoms with Gasteiger partial charge in [0.2, 0.25) is 0 Å².